The molecule has 0 unspecified atom stereocenters. The lowest BCUT2D eigenvalue weighted by atomic mass is 10.0. The molecule has 1 aromatic rings. The number of rotatable bonds is 4. The summed E-state index contributed by atoms with van der Waals surface area (Å²) in [6, 6.07) is 0.677. The summed E-state index contributed by atoms with van der Waals surface area (Å²) in [6.45, 7) is 6.11. The monoisotopic (exact) mass is 284 g/mol. The third-order valence-electron chi connectivity index (χ3n) is 3.49. The highest BCUT2D eigenvalue weighted by molar-refractivity contribution is 7.11. The number of nitrogens with two attached hydrogens (primary N) is 1. The second-order valence-corrected chi connectivity index (χ2v) is 6.30. The van der Waals surface area contributed by atoms with Crippen LogP contribution in [0.1, 0.15) is 26.7 Å². The summed E-state index contributed by atoms with van der Waals surface area (Å²) in [4.78, 5) is 4.66. The number of hydrogen-bond donors (Lipinski definition) is 1. The molecule has 0 saturated carbocycles. The van der Waals surface area contributed by atoms with Gasteiger partial charge in [0.25, 0.3) is 0 Å². The van der Waals surface area contributed by atoms with Crippen LogP contribution in [-0.2, 0) is 0 Å². The van der Waals surface area contributed by atoms with Gasteiger partial charge in [-0.25, -0.2) is 0 Å². The van der Waals surface area contributed by atoms with Crippen molar-refractivity contribution in [2.75, 3.05) is 37.8 Å². The van der Waals surface area contributed by atoms with Crippen LogP contribution in [0.5, 0.6) is 5.75 Å². The van der Waals surface area contributed by atoms with Gasteiger partial charge in [-0.05, 0) is 52.3 Å². The zero-order valence-electron chi connectivity index (χ0n) is 12.2. The summed E-state index contributed by atoms with van der Waals surface area (Å²) in [5.41, 5.74) is 5.91. The number of nitrogens with zero attached hydrogens (tertiary/aromatic N) is 3. The van der Waals surface area contributed by atoms with Gasteiger partial charge < -0.3 is 20.3 Å². The van der Waals surface area contributed by atoms with Crippen molar-refractivity contribution in [1.82, 2.24) is 9.27 Å². The number of piperidine rings is 1. The van der Waals surface area contributed by atoms with Gasteiger partial charge in [0.2, 0.25) is 0 Å². The van der Waals surface area contributed by atoms with E-state index in [1.54, 1.807) is 0 Å². The van der Waals surface area contributed by atoms with Crippen molar-refractivity contribution in [1.29, 1.82) is 0 Å². The average molecular weight is 284 g/mol. The normalized spacial score (nSPS) is 17.5. The zero-order chi connectivity index (χ0) is 14.0. The molecule has 2 N–H and O–H groups in total. The summed E-state index contributed by atoms with van der Waals surface area (Å²) in [6.07, 6.45) is 2.47. The standard InChI is InChI=1S/C13H24N4OS/c1-9(2)18-11-12(14)15-19-13(11)17-7-5-10(6-8-17)16(3)4/h9-10H,5-8H2,1-4H3,(H2,14,15). The number of ether oxygens (including phenoxy) is 1. The Bertz CT molecular complexity index is 411. The van der Waals surface area contributed by atoms with E-state index in [2.05, 4.69) is 28.3 Å². The van der Waals surface area contributed by atoms with Gasteiger partial charge >= 0.3 is 0 Å². The molecule has 1 aromatic heterocycles. The molecule has 2 rings (SSSR count). The minimum atomic E-state index is 0.122. The summed E-state index contributed by atoms with van der Waals surface area (Å²) in [7, 11) is 4.30. The third-order valence-corrected chi connectivity index (χ3v) is 4.40. The van der Waals surface area contributed by atoms with Crippen LogP contribution < -0.4 is 15.4 Å². The first-order valence-electron chi connectivity index (χ1n) is 6.82. The van der Waals surface area contributed by atoms with Gasteiger partial charge in [0.15, 0.2) is 16.6 Å². The Balaban J connectivity index is 2.07. The van der Waals surface area contributed by atoms with E-state index in [0.717, 1.165) is 23.8 Å². The van der Waals surface area contributed by atoms with Crippen LogP contribution in [0.4, 0.5) is 10.8 Å². The lowest BCUT2D eigenvalue weighted by Crippen LogP contribution is -2.41. The van der Waals surface area contributed by atoms with E-state index in [4.69, 9.17) is 10.5 Å². The fourth-order valence-electron chi connectivity index (χ4n) is 2.42. The van der Waals surface area contributed by atoms with Gasteiger partial charge in [0.1, 0.15) is 0 Å². The smallest absolute Gasteiger partial charge is 0.198 e. The predicted molar refractivity (Wildman–Crippen MR) is 81.2 cm³/mol. The van der Waals surface area contributed by atoms with Crippen molar-refractivity contribution >= 4 is 22.4 Å². The van der Waals surface area contributed by atoms with Crippen molar-refractivity contribution in [2.24, 2.45) is 0 Å². The number of aromatic nitrogens is 1. The number of nitrogen functional groups attached to an aromatic ring is 1. The highest BCUT2D eigenvalue weighted by atomic mass is 32.1. The van der Waals surface area contributed by atoms with Gasteiger partial charge in [0, 0.05) is 19.1 Å². The molecule has 6 heteroatoms. The van der Waals surface area contributed by atoms with Crippen molar-refractivity contribution in [3.05, 3.63) is 0 Å². The molecule has 0 bridgehead atoms. The first-order valence-corrected chi connectivity index (χ1v) is 7.59. The molecule has 0 aromatic carbocycles. The Morgan fingerprint density at radius 1 is 1.37 bits per heavy atom. The molecule has 5 nitrogen and oxygen atoms in total. The van der Waals surface area contributed by atoms with E-state index >= 15 is 0 Å². The molecule has 1 aliphatic rings. The first kappa shape index (κ1) is 14.4. The van der Waals surface area contributed by atoms with Crippen molar-refractivity contribution < 1.29 is 4.74 Å². The van der Waals surface area contributed by atoms with E-state index in [0.29, 0.717) is 11.9 Å². The highest BCUT2D eigenvalue weighted by Crippen LogP contribution is 2.40. The Hall–Kier alpha value is -1.01. The van der Waals surface area contributed by atoms with Crippen LogP contribution in [0.25, 0.3) is 0 Å². The fourth-order valence-corrected chi connectivity index (χ4v) is 3.22. The Morgan fingerprint density at radius 3 is 2.53 bits per heavy atom. The molecule has 1 saturated heterocycles. The maximum atomic E-state index is 5.91. The highest BCUT2D eigenvalue weighted by Gasteiger charge is 2.25. The maximum Gasteiger partial charge on any atom is 0.198 e. The number of hydrogen-bond acceptors (Lipinski definition) is 6. The molecule has 0 amide bonds. The van der Waals surface area contributed by atoms with Gasteiger partial charge in [-0.1, -0.05) is 0 Å². The molecule has 0 radical (unpaired) electrons. The minimum Gasteiger partial charge on any atom is -0.484 e. The van der Waals surface area contributed by atoms with Crippen LogP contribution in [-0.4, -0.2) is 48.6 Å². The maximum absolute atomic E-state index is 5.91. The van der Waals surface area contributed by atoms with Crippen molar-refractivity contribution in [3.8, 4) is 5.75 Å². The molecule has 19 heavy (non-hydrogen) atoms. The van der Waals surface area contributed by atoms with E-state index in [9.17, 15) is 0 Å². The van der Waals surface area contributed by atoms with Crippen LogP contribution in [0, 0.1) is 0 Å². The fraction of sp³-hybridized carbons (Fsp3) is 0.769. The van der Waals surface area contributed by atoms with Gasteiger partial charge in [-0.15, -0.1) is 0 Å². The Kier molecular flexibility index (Phi) is 4.52. The molecule has 0 spiro atoms. The molecule has 1 aliphatic heterocycles. The predicted octanol–water partition coefficient (Wildman–Crippen LogP) is 2.04. The van der Waals surface area contributed by atoms with Gasteiger partial charge in [0.05, 0.1) is 6.10 Å². The Morgan fingerprint density at radius 2 is 2.00 bits per heavy atom. The van der Waals surface area contributed by atoms with Crippen LogP contribution >= 0.6 is 11.5 Å². The summed E-state index contributed by atoms with van der Waals surface area (Å²) in [5, 5.41) is 1.09. The third kappa shape index (κ3) is 3.30. The second-order valence-electron chi connectivity index (χ2n) is 5.55. The largest absolute Gasteiger partial charge is 0.484 e. The molecule has 108 valence electrons. The minimum absolute atomic E-state index is 0.122. The lowest BCUT2D eigenvalue weighted by molar-refractivity contribution is 0.239. The Labute approximate surface area is 119 Å². The molecule has 0 aliphatic carbocycles. The second kappa shape index (κ2) is 5.96. The lowest BCUT2D eigenvalue weighted by Gasteiger charge is -2.35. The van der Waals surface area contributed by atoms with Crippen LogP contribution in [0.3, 0.4) is 0 Å². The molecule has 1 fully saturated rings. The SMILES string of the molecule is CC(C)Oc1c(N)nsc1N1CCC(N(C)C)CC1. The molecular formula is C13H24N4OS. The zero-order valence-corrected chi connectivity index (χ0v) is 13.0. The summed E-state index contributed by atoms with van der Waals surface area (Å²) in [5.74, 6) is 1.28. The van der Waals surface area contributed by atoms with Gasteiger partial charge in [-0.2, -0.15) is 4.37 Å². The number of anilines is 2. The summed E-state index contributed by atoms with van der Waals surface area (Å²) < 4.78 is 10.1. The van der Waals surface area contributed by atoms with Crippen molar-refractivity contribution in [2.45, 2.75) is 38.8 Å². The molecular weight excluding hydrogens is 260 g/mol. The van der Waals surface area contributed by atoms with Gasteiger partial charge in [-0.3, -0.25) is 0 Å². The van der Waals surface area contributed by atoms with E-state index in [-0.39, 0.29) is 6.10 Å². The quantitative estimate of drug-likeness (QED) is 0.917. The van der Waals surface area contributed by atoms with Crippen molar-refractivity contribution in [3.63, 3.8) is 0 Å². The first-order chi connectivity index (χ1) is 8.99. The van der Waals surface area contributed by atoms with Crippen LogP contribution in [0.2, 0.25) is 0 Å². The molecule has 2 heterocycles. The average Bonchev–Trinajstić information content (AvgIpc) is 2.71. The van der Waals surface area contributed by atoms with E-state index in [1.807, 2.05) is 13.8 Å². The topological polar surface area (TPSA) is 54.6 Å². The van der Waals surface area contributed by atoms with E-state index in [1.165, 1.54) is 24.4 Å². The summed E-state index contributed by atoms with van der Waals surface area (Å²) >= 11 is 1.45. The van der Waals surface area contributed by atoms with E-state index < -0.39 is 0 Å². The van der Waals surface area contributed by atoms with Crippen LogP contribution in [0.15, 0.2) is 0 Å². The molecule has 0 atom stereocenters.